The largest absolute Gasteiger partial charge is 0.493 e. The number of nitrogens with zero attached hydrogens (tertiary/aromatic N) is 2. The van der Waals surface area contributed by atoms with E-state index < -0.39 is 0 Å². The number of benzene rings is 2. The van der Waals surface area contributed by atoms with Crippen LogP contribution in [-0.4, -0.2) is 62.1 Å². The molecule has 0 bridgehead atoms. The Kier molecular flexibility index (Phi) is 7.66. The fourth-order valence-corrected chi connectivity index (χ4v) is 4.48. The van der Waals surface area contributed by atoms with Crippen LogP contribution in [0.4, 0.5) is 0 Å². The van der Waals surface area contributed by atoms with Gasteiger partial charge in [-0.3, -0.25) is 9.69 Å². The average Bonchev–Trinajstić information content (AvgIpc) is 3.33. The average molecular weight is 438 g/mol. The number of carbonyl (C=O) groups excluding carboxylic acids is 1. The number of likely N-dealkylation sites (N-methyl/N-ethyl adjacent to an activating group) is 1. The summed E-state index contributed by atoms with van der Waals surface area (Å²) in [5.41, 5.74) is 2.98. The molecule has 32 heavy (non-hydrogen) atoms. The van der Waals surface area contributed by atoms with Crippen LogP contribution in [0.3, 0.4) is 0 Å². The maximum atomic E-state index is 12.8. The number of methoxy groups -OCH3 is 1. The van der Waals surface area contributed by atoms with Crippen LogP contribution in [0.15, 0.2) is 42.5 Å². The lowest BCUT2D eigenvalue weighted by molar-refractivity contribution is 0.0950. The molecule has 1 saturated carbocycles. The van der Waals surface area contributed by atoms with Crippen molar-refractivity contribution in [3.63, 3.8) is 0 Å². The Balaban J connectivity index is 1.33. The highest BCUT2D eigenvalue weighted by atomic mass is 16.5. The number of amides is 1. The molecule has 0 radical (unpaired) electrons. The zero-order chi connectivity index (χ0) is 22.3. The van der Waals surface area contributed by atoms with Gasteiger partial charge in [-0.05, 0) is 62.1 Å². The number of hydrogen-bond donors (Lipinski definition) is 1. The molecular weight excluding hydrogens is 402 g/mol. The van der Waals surface area contributed by atoms with Crippen LogP contribution in [0.2, 0.25) is 0 Å². The van der Waals surface area contributed by atoms with Crippen LogP contribution in [0, 0.1) is 0 Å². The molecule has 2 aromatic rings. The molecule has 1 N–H and O–H groups in total. The number of rotatable bonds is 8. The molecule has 6 nitrogen and oxygen atoms in total. The van der Waals surface area contributed by atoms with E-state index in [1.54, 1.807) is 13.2 Å². The van der Waals surface area contributed by atoms with Gasteiger partial charge in [-0.25, -0.2) is 0 Å². The molecule has 1 aliphatic carbocycles. The fraction of sp³-hybridized carbons (Fsp3) is 0.500. The first-order chi connectivity index (χ1) is 15.6. The minimum absolute atomic E-state index is 0.111. The van der Waals surface area contributed by atoms with Gasteiger partial charge in [0, 0.05) is 44.8 Å². The van der Waals surface area contributed by atoms with Gasteiger partial charge in [0.25, 0.3) is 5.91 Å². The van der Waals surface area contributed by atoms with E-state index in [1.165, 1.54) is 18.4 Å². The van der Waals surface area contributed by atoms with E-state index in [2.05, 4.69) is 46.4 Å². The van der Waals surface area contributed by atoms with E-state index in [0.29, 0.717) is 23.6 Å². The SMILES string of the molecule is COc1cc(C(=O)NCc2cccc(CN3CCN(C)CC3)c2)ccc1OC1CCCC1. The Hall–Kier alpha value is -2.57. The Labute approximate surface area is 191 Å². The molecule has 2 aromatic carbocycles. The van der Waals surface area contributed by atoms with Crippen molar-refractivity contribution < 1.29 is 14.3 Å². The zero-order valence-corrected chi connectivity index (χ0v) is 19.3. The van der Waals surface area contributed by atoms with Gasteiger partial charge in [-0.15, -0.1) is 0 Å². The standard InChI is InChI=1S/C26H35N3O3/c1-28-12-14-29(15-13-28)19-21-7-5-6-20(16-21)18-27-26(30)22-10-11-24(25(17-22)31-2)32-23-8-3-4-9-23/h5-7,10-11,16-17,23H,3-4,8-9,12-15,18-19H2,1-2H3,(H,27,30). The number of piperazine rings is 1. The molecule has 6 heteroatoms. The first-order valence-corrected chi connectivity index (χ1v) is 11.7. The molecule has 1 aliphatic heterocycles. The van der Waals surface area contributed by atoms with Crippen molar-refractivity contribution >= 4 is 5.91 Å². The number of nitrogens with one attached hydrogen (secondary N) is 1. The lowest BCUT2D eigenvalue weighted by Crippen LogP contribution is -2.43. The third-order valence-electron chi connectivity index (χ3n) is 6.47. The van der Waals surface area contributed by atoms with Crippen molar-refractivity contribution in [2.75, 3.05) is 40.3 Å². The summed E-state index contributed by atoms with van der Waals surface area (Å²) in [7, 11) is 3.79. The highest BCUT2D eigenvalue weighted by Gasteiger charge is 2.19. The second-order valence-electron chi connectivity index (χ2n) is 8.97. The molecule has 2 fully saturated rings. The molecule has 0 spiro atoms. The van der Waals surface area contributed by atoms with Crippen LogP contribution >= 0.6 is 0 Å². The summed E-state index contributed by atoms with van der Waals surface area (Å²) in [6.45, 7) is 5.88. The third-order valence-corrected chi connectivity index (χ3v) is 6.47. The smallest absolute Gasteiger partial charge is 0.251 e. The van der Waals surface area contributed by atoms with E-state index >= 15 is 0 Å². The summed E-state index contributed by atoms with van der Waals surface area (Å²) >= 11 is 0. The molecule has 0 unspecified atom stereocenters. The summed E-state index contributed by atoms with van der Waals surface area (Å²) < 4.78 is 11.6. The van der Waals surface area contributed by atoms with Crippen LogP contribution in [0.1, 0.15) is 47.2 Å². The lowest BCUT2D eigenvalue weighted by atomic mass is 10.1. The van der Waals surface area contributed by atoms with Gasteiger partial charge < -0.3 is 19.7 Å². The molecular formula is C26H35N3O3. The Bertz CT molecular complexity index is 903. The monoisotopic (exact) mass is 437 g/mol. The van der Waals surface area contributed by atoms with E-state index in [-0.39, 0.29) is 12.0 Å². The van der Waals surface area contributed by atoms with Crippen molar-refractivity contribution in [3.8, 4) is 11.5 Å². The molecule has 0 atom stereocenters. The van der Waals surface area contributed by atoms with Gasteiger partial charge >= 0.3 is 0 Å². The van der Waals surface area contributed by atoms with Crippen molar-refractivity contribution in [2.45, 2.75) is 44.9 Å². The summed E-state index contributed by atoms with van der Waals surface area (Å²) in [5.74, 6) is 1.21. The molecule has 1 heterocycles. The van der Waals surface area contributed by atoms with E-state index in [4.69, 9.17) is 9.47 Å². The van der Waals surface area contributed by atoms with Crippen molar-refractivity contribution in [1.82, 2.24) is 15.1 Å². The third kappa shape index (κ3) is 6.02. The highest BCUT2D eigenvalue weighted by Crippen LogP contribution is 2.32. The van der Waals surface area contributed by atoms with Crippen molar-refractivity contribution in [2.24, 2.45) is 0 Å². The molecule has 4 rings (SSSR count). The number of hydrogen-bond acceptors (Lipinski definition) is 5. The quantitative estimate of drug-likeness (QED) is 0.683. The second kappa shape index (κ2) is 10.8. The maximum absolute atomic E-state index is 12.8. The summed E-state index contributed by atoms with van der Waals surface area (Å²) in [6.07, 6.45) is 4.84. The molecule has 2 aliphatic rings. The topological polar surface area (TPSA) is 54.0 Å². The predicted octanol–water partition coefficient (Wildman–Crippen LogP) is 3.69. The molecule has 1 saturated heterocycles. The predicted molar refractivity (Wildman–Crippen MR) is 126 cm³/mol. The summed E-state index contributed by atoms with van der Waals surface area (Å²) in [5, 5.41) is 3.04. The normalized spacial score (nSPS) is 17.9. The van der Waals surface area contributed by atoms with Gasteiger partial charge in [0.05, 0.1) is 13.2 Å². The van der Waals surface area contributed by atoms with Gasteiger partial charge in [0.15, 0.2) is 11.5 Å². The van der Waals surface area contributed by atoms with Gasteiger partial charge in [0.1, 0.15) is 0 Å². The minimum atomic E-state index is -0.111. The van der Waals surface area contributed by atoms with Crippen LogP contribution in [0.25, 0.3) is 0 Å². The van der Waals surface area contributed by atoms with Crippen molar-refractivity contribution in [3.05, 3.63) is 59.2 Å². The van der Waals surface area contributed by atoms with Gasteiger partial charge in [0.2, 0.25) is 0 Å². The lowest BCUT2D eigenvalue weighted by Gasteiger charge is -2.32. The van der Waals surface area contributed by atoms with E-state index in [9.17, 15) is 4.79 Å². The summed E-state index contributed by atoms with van der Waals surface area (Å²) in [4.78, 5) is 17.6. The maximum Gasteiger partial charge on any atom is 0.251 e. The number of carbonyl (C=O) groups is 1. The second-order valence-corrected chi connectivity index (χ2v) is 8.97. The zero-order valence-electron chi connectivity index (χ0n) is 19.3. The molecule has 172 valence electrons. The van der Waals surface area contributed by atoms with Crippen molar-refractivity contribution in [1.29, 1.82) is 0 Å². The van der Waals surface area contributed by atoms with Crippen LogP contribution in [0.5, 0.6) is 11.5 Å². The molecule has 0 aromatic heterocycles. The Morgan fingerprint density at radius 3 is 2.50 bits per heavy atom. The van der Waals surface area contributed by atoms with Crippen LogP contribution < -0.4 is 14.8 Å². The van der Waals surface area contributed by atoms with E-state index in [1.807, 2.05) is 12.1 Å². The first-order valence-electron chi connectivity index (χ1n) is 11.7. The Morgan fingerprint density at radius 1 is 1.00 bits per heavy atom. The first kappa shape index (κ1) is 22.6. The molecule has 1 amide bonds. The fourth-order valence-electron chi connectivity index (χ4n) is 4.48. The highest BCUT2D eigenvalue weighted by molar-refractivity contribution is 5.94. The Morgan fingerprint density at radius 2 is 1.75 bits per heavy atom. The van der Waals surface area contributed by atoms with E-state index in [0.717, 1.165) is 51.1 Å². The van der Waals surface area contributed by atoms with Gasteiger partial charge in [-0.1, -0.05) is 24.3 Å². The summed E-state index contributed by atoms with van der Waals surface area (Å²) in [6, 6.07) is 13.9. The number of ether oxygens (including phenoxy) is 2. The minimum Gasteiger partial charge on any atom is -0.493 e. The van der Waals surface area contributed by atoms with Gasteiger partial charge in [-0.2, -0.15) is 0 Å². The van der Waals surface area contributed by atoms with Crippen LogP contribution in [-0.2, 0) is 13.1 Å².